The zero-order valence-electron chi connectivity index (χ0n) is 11.6. The van der Waals surface area contributed by atoms with Crippen LogP contribution in [0.1, 0.15) is 12.5 Å². The number of thiocarbonyl (C=S) groups is 1. The van der Waals surface area contributed by atoms with Gasteiger partial charge in [0.15, 0.2) is 5.11 Å². The molecule has 1 aromatic rings. The summed E-state index contributed by atoms with van der Waals surface area (Å²) in [4.78, 5) is 24.5. The second-order valence-electron chi connectivity index (χ2n) is 4.67. The molecule has 0 aliphatic carbocycles. The van der Waals surface area contributed by atoms with Crippen molar-refractivity contribution in [3.05, 3.63) is 48.6 Å². The minimum atomic E-state index is -1.11. The van der Waals surface area contributed by atoms with Gasteiger partial charge in [0, 0.05) is 6.54 Å². The summed E-state index contributed by atoms with van der Waals surface area (Å²) >= 11 is 5.01. The number of rotatable bonds is 4. The van der Waals surface area contributed by atoms with Crippen molar-refractivity contribution in [1.82, 2.24) is 21.1 Å². The number of carbonyl (C=O) groups is 2. The van der Waals surface area contributed by atoms with E-state index in [9.17, 15) is 9.59 Å². The molecule has 21 heavy (non-hydrogen) atoms. The number of imide groups is 1. The number of benzene rings is 1. The Bertz CT molecular complexity index is 590. The van der Waals surface area contributed by atoms with E-state index in [2.05, 4.69) is 22.6 Å². The molecular formula is C14H16N4O2S. The van der Waals surface area contributed by atoms with Crippen molar-refractivity contribution in [1.29, 1.82) is 0 Å². The summed E-state index contributed by atoms with van der Waals surface area (Å²) in [5.74, 6) is -0.415. The monoisotopic (exact) mass is 304 g/mol. The first-order valence-corrected chi connectivity index (χ1v) is 6.77. The van der Waals surface area contributed by atoms with E-state index in [0.29, 0.717) is 12.1 Å². The van der Waals surface area contributed by atoms with Crippen LogP contribution in [-0.2, 0) is 10.3 Å². The lowest BCUT2D eigenvalue weighted by molar-refractivity contribution is -0.132. The van der Waals surface area contributed by atoms with Crippen molar-refractivity contribution in [2.24, 2.45) is 0 Å². The minimum absolute atomic E-state index is 0.177. The van der Waals surface area contributed by atoms with Gasteiger partial charge in [-0.15, -0.1) is 6.58 Å². The van der Waals surface area contributed by atoms with Gasteiger partial charge in [-0.2, -0.15) is 5.01 Å². The first-order valence-electron chi connectivity index (χ1n) is 6.36. The van der Waals surface area contributed by atoms with Gasteiger partial charge in [0.2, 0.25) is 0 Å². The normalized spacial score (nSPS) is 20.9. The average Bonchev–Trinajstić information content (AvgIpc) is 2.70. The van der Waals surface area contributed by atoms with Crippen molar-refractivity contribution in [2.45, 2.75) is 12.5 Å². The fourth-order valence-corrected chi connectivity index (χ4v) is 2.19. The largest absolute Gasteiger partial charge is 0.358 e. The summed E-state index contributed by atoms with van der Waals surface area (Å²) in [5.41, 5.74) is 2.18. The topological polar surface area (TPSA) is 73.5 Å². The Balaban J connectivity index is 2.17. The number of hydrazine groups is 1. The molecule has 2 rings (SSSR count). The van der Waals surface area contributed by atoms with Crippen LogP contribution in [0.25, 0.3) is 0 Å². The number of hydrogen-bond acceptors (Lipinski definition) is 3. The lowest BCUT2D eigenvalue weighted by Crippen LogP contribution is -2.51. The number of carbonyl (C=O) groups excluding carboxylic acids is 2. The third kappa shape index (κ3) is 2.87. The van der Waals surface area contributed by atoms with Gasteiger partial charge in [-0.3, -0.25) is 10.2 Å². The van der Waals surface area contributed by atoms with Crippen LogP contribution in [0.5, 0.6) is 0 Å². The molecule has 1 aliphatic heterocycles. The zero-order chi connectivity index (χ0) is 15.5. The van der Waals surface area contributed by atoms with E-state index in [0.717, 1.165) is 5.01 Å². The maximum atomic E-state index is 12.5. The summed E-state index contributed by atoms with van der Waals surface area (Å²) in [7, 11) is 0. The van der Waals surface area contributed by atoms with Gasteiger partial charge in [0.1, 0.15) is 5.54 Å². The smallest absolute Gasteiger partial charge is 0.344 e. The van der Waals surface area contributed by atoms with Gasteiger partial charge < -0.3 is 10.6 Å². The van der Waals surface area contributed by atoms with Gasteiger partial charge in [-0.1, -0.05) is 36.4 Å². The Morgan fingerprint density at radius 3 is 2.71 bits per heavy atom. The molecule has 3 amide bonds. The Morgan fingerprint density at radius 2 is 2.10 bits per heavy atom. The Hall–Kier alpha value is -2.41. The lowest BCUT2D eigenvalue weighted by Gasteiger charge is -2.22. The molecule has 6 nitrogen and oxygen atoms in total. The van der Waals surface area contributed by atoms with E-state index in [4.69, 9.17) is 12.2 Å². The van der Waals surface area contributed by atoms with Crippen molar-refractivity contribution < 1.29 is 9.59 Å². The molecule has 0 radical (unpaired) electrons. The summed E-state index contributed by atoms with van der Waals surface area (Å²) in [5, 5.41) is 6.53. The third-order valence-electron chi connectivity index (χ3n) is 3.16. The zero-order valence-corrected chi connectivity index (χ0v) is 12.4. The average molecular weight is 304 g/mol. The summed E-state index contributed by atoms with van der Waals surface area (Å²) in [6, 6.07) is 8.50. The molecule has 1 atom stereocenters. The molecule has 3 N–H and O–H groups in total. The predicted molar refractivity (Wildman–Crippen MR) is 83.1 cm³/mol. The molecule has 1 fully saturated rings. The Morgan fingerprint density at radius 1 is 1.43 bits per heavy atom. The van der Waals surface area contributed by atoms with E-state index < -0.39 is 17.5 Å². The standard InChI is InChI=1S/C14H16N4O2S/c1-3-9-15-12(21)17-18-11(19)14(2,16-13(18)20)10-7-5-4-6-8-10/h3-8H,1,9H2,2H3,(H,16,20)(H2,15,17,21)/t14-/m1/s1. The molecule has 0 unspecified atom stereocenters. The molecule has 0 bridgehead atoms. The van der Waals surface area contributed by atoms with E-state index in [1.807, 2.05) is 18.2 Å². The molecular weight excluding hydrogens is 288 g/mol. The number of hydrogen-bond donors (Lipinski definition) is 3. The summed E-state index contributed by atoms with van der Waals surface area (Å²) < 4.78 is 0. The van der Waals surface area contributed by atoms with E-state index in [1.54, 1.807) is 25.1 Å². The van der Waals surface area contributed by atoms with Crippen molar-refractivity contribution in [3.63, 3.8) is 0 Å². The molecule has 1 saturated heterocycles. The number of urea groups is 1. The first kappa shape index (κ1) is 15.0. The fourth-order valence-electron chi connectivity index (χ4n) is 2.01. The van der Waals surface area contributed by atoms with Crippen molar-refractivity contribution in [2.75, 3.05) is 6.54 Å². The Labute approximate surface area is 128 Å². The van der Waals surface area contributed by atoms with Crippen LogP contribution in [0.15, 0.2) is 43.0 Å². The highest BCUT2D eigenvalue weighted by Crippen LogP contribution is 2.27. The van der Waals surface area contributed by atoms with Crippen LogP contribution in [0.2, 0.25) is 0 Å². The van der Waals surface area contributed by atoms with Crippen LogP contribution in [-0.4, -0.2) is 28.6 Å². The summed E-state index contributed by atoms with van der Waals surface area (Å²) in [6.07, 6.45) is 1.62. The molecule has 1 heterocycles. The van der Waals surface area contributed by atoms with Crippen LogP contribution < -0.4 is 16.1 Å². The quantitative estimate of drug-likeness (QED) is 0.440. The maximum Gasteiger partial charge on any atom is 0.344 e. The molecule has 0 spiro atoms. The lowest BCUT2D eigenvalue weighted by atomic mass is 9.92. The van der Waals surface area contributed by atoms with Crippen LogP contribution in [0.4, 0.5) is 4.79 Å². The maximum absolute atomic E-state index is 12.5. The molecule has 1 aromatic carbocycles. The highest BCUT2D eigenvalue weighted by atomic mass is 32.1. The fraction of sp³-hybridized carbons (Fsp3) is 0.214. The highest BCUT2D eigenvalue weighted by molar-refractivity contribution is 7.80. The number of nitrogens with one attached hydrogen (secondary N) is 3. The summed E-state index contributed by atoms with van der Waals surface area (Å²) in [6.45, 7) is 5.64. The second kappa shape index (κ2) is 5.92. The van der Waals surface area contributed by atoms with Gasteiger partial charge in [-0.05, 0) is 24.7 Å². The number of nitrogens with zero attached hydrogens (tertiary/aromatic N) is 1. The predicted octanol–water partition coefficient (Wildman–Crippen LogP) is 1.02. The third-order valence-corrected chi connectivity index (χ3v) is 3.40. The van der Waals surface area contributed by atoms with Gasteiger partial charge in [-0.25, -0.2) is 4.79 Å². The first-order chi connectivity index (χ1) is 9.99. The molecule has 0 aromatic heterocycles. The molecule has 0 saturated carbocycles. The van der Waals surface area contributed by atoms with Gasteiger partial charge >= 0.3 is 6.03 Å². The van der Waals surface area contributed by atoms with E-state index >= 15 is 0 Å². The van der Waals surface area contributed by atoms with E-state index in [-0.39, 0.29) is 5.11 Å². The highest BCUT2D eigenvalue weighted by Gasteiger charge is 2.49. The van der Waals surface area contributed by atoms with Crippen molar-refractivity contribution >= 4 is 29.3 Å². The van der Waals surface area contributed by atoms with Crippen LogP contribution in [0.3, 0.4) is 0 Å². The van der Waals surface area contributed by atoms with E-state index in [1.165, 1.54) is 0 Å². The number of amides is 3. The van der Waals surface area contributed by atoms with Crippen LogP contribution >= 0.6 is 12.2 Å². The minimum Gasteiger partial charge on any atom is -0.358 e. The molecule has 1 aliphatic rings. The van der Waals surface area contributed by atoms with Crippen LogP contribution in [0, 0.1) is 0 Å². The van der Waals surface area contributed by atoms with Gasteiger partial charge in [0.05, 0.1) is 0 Å². The second-order valence-corrected chi connectivity index (χ2v) is 5.08. The molecule has 110 valence electrons. The SMILES string of the molecule is C=CCNC(=S)NN1C(=O)N[C@](C)(c2ccccc2)C1=O. The molecule has 7 heteroatoms. The van der Waals surface area contributed by atoms with Gasteiger partial charge in [0.25, 0.3) is 5.91 Å². The Kier molecular flexibility index (Phi) is 4.23. The van der Waals surface area contributed by atoms with Crippen molar-refractivity contribution in [3.8, 4) is 0 Å².